The zero-order valence-corrected chi connectivity index (χ0v) is 10.3. The van der Waals surface area contributed by atoms with Crippen LogP contribution in [0.15, 0.2) is 29.3 Å². The highest BCUT2D eigenvalue weighted by Gasteiger charge is 2.02. The van der Waals surface area contributed by atoms with E-state index in [2.05, 4.69) is 53.8 Å². The Kier molecular flexibility index (Phi) is 4.21. The van der Waals surface area contributed by atoms with E-state index in [1.54, 1.807) is 0 Å². The first-order chi connectivity index (χ1) is 6.65. The Morgan fingerprint density at radius 1 is 1.36 bits per heavy atom. The predicted octanol–water partition coefficient (Wildman–Crippen LogP) is 4.05. The number of aryl methyl sites for hydroxylation is 2. The third-order valence-corrected chi connectivity index (χ3v) is 2.61. The van der Waals surface area contributed by atoms with Gasteiger partial charge in [-0.05, 0) is 43.5 Å². The van der Waals surface area contributed by atoms with Gasteiger partial charge in [-0.1, -0.05) is 22.0 Å². The summed E-state index contributed by atoms with van der Waals surface area (Å²) in [6.45, 7) is 8.89. The van der Waals surface area contributed by atoms with Crippen molar-refractivity contribution in [3.63, 3.8) is 0 Å². The third kappa shape index (κ3) is 2.88. The smallest absolute Gasteiger partial charge is 0.0400 e. The average molecular weight is 254 g/mol. The summed E-state index contributed by atoms with van der Waals surface area (Å²) in [5, 5.41) is 3.42. The van der Waals surface area contributed by atoms with E-state index in [1.807, 2.05) is 6.08 Å². The standard InChI is InChI=1S/C12H16BrN/c1-4-5-6-14-12-9(2)7-11(13)8-10(12)3/h4,7-8,14H,1,5-6H2,2-3H3. The van der Waals surface area contributed by atoms with Gasteiger partial charge in [0.25, 0.3) is 0 Å². The van der Waals surface area contributed by atoms with E-state index in [4.69, 9.17) is 0 Å². The van der Waals surface area contributed by atoms with Crippen molar-refractivity contribution >= 4 is 21.6 Å². The third-order valence-electron chi connectivity index (χ3n) is 2.15. The van der Waals surface area contributed by atoms with Gasteiger partial charge in [-0.15, -0.1) is 6.58 Å². The molecule has 0 bridgehead atoms. The van der Waals surface area contributed by atoms with Crippen LogP contribution in [0.5, 0.6) is 0 Å². The molecule has 0 unspecified atom stereocenters. The molecule has 14 heavy (non-hydrogen) atoms. The molecule has 0 aliphatic rings. The zero-order valence-electron chi connectivity index (χ0n) is 8.73. The van der Waals surface area contributed by atoms with Crippen molar-refractivity contribution in [1.29, 1.82) is 0 Å². The Morgan fingerprint density at radius 2 is 1.93 bits per heavy atom. The fourth-order valence-corrected chi connectivity index (χ4v) is 2.18. The van der Waals surface area contributed by atoms with Gasteiger partial charge in [-0.3, -0.25) is 0 Å². The van der Waals surface area contributed by atoms with Crippen molar-refractivity contribution in [3.05, 3.63) is 40.4 Å². The molecular weight excluding hydrogens is 238 g/mol. The van der Waals surface area contributed by atoms with E-state index in [0.29, 0.717) is 0 Å². The zero-order chi connectivity index (χ0) is 10.6. The maximum atomic E-state index is 3.70. The lowest BCUT2D eigenvalue weighted by Gasteiger charge is -2.12. The first-order valence-corrected chi connectivity index (χ1v) is 5.56. The molecule has 0 aliphatic heterocycles. The molecular formula is C12H16BrN. The van der Waals surface area contributed by atoms with Crippen LogP contribution >= 0.6 is 15.9 Å². The van der Waals surface area contributed by atoms with Crippen molar-refractivity contribution < 1.29 is 0 Å². The molecule has 0 amide bonds. The molecule has 0 radical (unpaired) electrons. The minimum absolute atomic E-state index is 0.951. The van der Waals surface area contributed by atoms with Crippen molar-refractivity contribution in [2.75, 3.05) is 11.9 Å². The van der Waals surface area contributed by atoms with E-state index in [-0.39, 0.29) is 0 Å². The number of halogens is 1. The molecule has 0 spiro atoms. The van der Waals surface area contributed by atoms with E-state index < -0.39 is 0 Å². The first kappa shape index (κ1) is 11.3. The molecule has 1 N–H and O–H groups in total. The van der Waals surface area contributed by atoms with Gasteiger partial charge in [-0.2, -0.15) is 0 Å². The van der Waals surface area contributed by atoms with E-state index >= 15 is 0 Å². The molecule has 1 nitrogen and oxygen atoms in total. The molecule has 0 aliphatic carbocycles. The van der Waals surface area contributed by atoms with Crippen molar-refractivity contribution in [2.24, 2.45) is 0 Å². The highest BCUT2D eigenvalue weighted by molar-refractivity contribution is 9.10. The number of anilines is 1. The lowest BCUT2D eigenvalue weighted by molar-refractivity contribution is 1.06. The molecule has 0 saturated heterocycles. The van der Waals surface area contributed by atoms with Gasteiger partial charge in [0.2, 0.25) is 0 Å². The second-order valence-electron chi connectivity index (χ2n) is 3.42. The van der Waals surface area contributed by atoms with E-state index in [9.17, 15) is 0 Å². The topological polar surface area (TPSA) is 12.0 Å². The SMILES string of the molecule is C=CCCNc1c(C)cc(Br)cc1C. The largest absolute Gasteiger partial charge is 0.384 e. The lowest BCUT2D eigenvalue weighted by atomic mass is 10.1. The maximum Gasteiger partial charge on any atom is 0.0400 e. The Morgan fingerprint density at radius 3 is 2.43 bits per heavy atom. The van der Waals surface area contributed by atoms with Gasteiger partial charge >= 0.3 is 0 Å². The van der Waals surface area contributed by atoms with Gasteiger partial charge in [0.05, 0.1) is 0 Å². The monoisotopic (exact) mass is 253 g/mol. The van der Waals surface area contributed by atoms with Crippen LogP contribution in [0.4, 0.5) is 5.69 Å². The number of nitrogens with one attached hydrogen (secondary N) is 1. The van der Waals surface area contributed by atoms with Crippen LogP contribution in [0.2, 0.25) is 0 Å². The van der Waals surface area contributed by atoms with Crippen LogP contribution in [0.1, 0.15) is 17.5 Å². The Labute approximate surface area is 94.3 Å². The summed E-state index contributed by atoms with van der Waals surface area (Å²) in [4.78, 5) is 0. The summed E-state index contributed by atoms with van der Waals surface area (Å²) < 4.78 is 1.14. The number of hydrogen-bond acceptors (Lipinski definition) is 1. The van der Waals surface area contributed by atoms with Gasteiger partial charge in [0.1, 0.15) is 0 Å². The Balaban J connectivity index is 2.80. The van der Waals surface area contributed by atoms with Crippen molar-refractivity contribution in [3.8, 4) is 0 Å². The molecule has 1 aromatic rings. The summed E-state index contributed by atoms with van der Waals surface area (Å²) in [6.07, 6.45) is 2.92. The Hall–Kier alpha value is -0.760. The van der Waals surface area contributed by atoms with Crippen LogP contribution < -0.4 is 5.32 Å². The molecule has 0 heterocycles. The molecule has 76 valence electrons. The second kappa shape index (κ2) is 5.20. The molecule has 0 saturated carbocycles. The van der Waals surface area contributed by atoms with Gasteiger partial charge < -0.3 is 5.32 Å². The summed E-state index contributed by atoms with van der Waals surface area (Å²) in [6, 6.07) is 4.26. The van der Waals surface area contributed by atoms with Crippen molar-refractivity contribution in [2.45, 2.75) is 20.3 Å². The first-order valence-electron chi connectivity index (χ1n) is 4.76. The van der Waals surface area contributed by atoms with Crippen LogP contribution in [0.3, 0.4) is 0 Å². The average Bonchev–Trinajstić information content (AvgIpc) is 2.09. The van der Waals surface area contributed by atoms with E-state index in [1.165, 1.54) is 16.8 Å². The van der Waals surface area contributed by atoms with Crippen LogP contribution in [0, 0.1) is 13.8 Å². The fourth-order valence-electron chi connectivity index (χ4n) is 1.49. The lowest BCUT2D eigenvalue weighted by Crippen LogP contribution is -2.03. The molecule has 0 aromatic heterocycles. The normalized spacial score (nSPS) is 9.93. The summed E-state index contributed by atoms with van der Waals surface area (Å²) >= 11 is 3.48. The van der Waals surface area contributed by atoms with E-state index in [0.717, 1.165) is 17.4 Å². The number of rotatable bonds is 4. The predicted molar refractivity (Wildman–Crippen MR) is 66.9 cm³/mol. The molecule has 1 rings (SSSR count). The quantitative estimate of drug-likeness (QED) is 0.631. The molecule has 0 fully saturated rings. The minimum Gasteiger partial charge on any atom is -0.384 e. The van der Waals surface area contributed by atoms with Crippen LogP contribution in [-0.4, -0.2) is 6.54 Å². The number of hydrogen-bond donors (Lipinski definition) is 1. The van der Waals surface area contributed by atoms with Gasteiger partial charge in [0, 0.05) is 16.7 Å². The molecule has 0 atom stereocenters. The van der Waals surface area contributed by atoms with Crippen LogP contribution in [-0.2, 0) is 0 Å². The van der Waals surface area contributed by atoms with Crippen LogP contribution in [0.25, 0.3) is 0 Å². The summed E-state index contributed by atoms with van der Waals surface area (Å²) in [5.74, 6) is 0. The highest BCUT2D eigenvalue weighted by Crippen LogP contribution is 2.24. The summed E-state index contributed by atoms with van der Waals surface area (Å²) in [7, 11) is 0. The minimum atomic E-state index is 0.951. The van der Waals surface area contributed by atoms with Crippen molar-refractivity contribution in [1.82, 2.24) is 0 Å². The maximum absolute atomic E-state index is 3.70. The number of benzene rings is 1. The van der Waals surface area contributed by atoms with Gasteiger partial charge in [-0.25, -0.2) is 0 Å². The second-order valence-corrected chi connectivity index (χ2v) is 4.33. The highest BCUT2D eigenvalue weighted by atomic mass is 79.9. The fraction of sp³-hybridized carbons (Fsp3) is 0.333. The van der Waals surface area contributed by atoms with Gasteiger partial charge in [0.15, 0.2) is 0 Å². The molecule has 1 aromatic carbocycles. The Bertz CT molecular complexity index is 308. The molecule has 2 heteroatoms. The summed E-state index contributed by atoms with van der Waals surface area (Å²) in [5.41, 5.74) is 3.80.